The number of hydrogen-bond acceptors (Lipinski definition) is 13. The van der Waals surface area contributed by atoms with Gasteiger partial charge in [0.25, 0.3) is 0 Å². The van der Waals surface area contributed by atoms with E-state index in [0.717, 1.165) is 6.92 Å². The maximum absolute atomic E-state index is 15.3. The van der Waals surface area contributed by atoms with E-state index in [0.29, 0.717) is 0 Å². The molecule has 13 nitrogen and oxygen atoms in total. The number of allylic oxidation sites excluding steroid dienone is 1. The van der Waals surface area contributed by atoms with Crippen LogP contribution in [0.15, 0.2) is 54.3 Å². The SMILES string of the molecule is C=CCOC(=O)O[C@H]1C[C@H]2OC[C@@]2(OC(C)=O)C2[C@H](OC(=O)c3ccccc3)[C@]3(O)C[C@H](O)C(C)C(=C(OC(C)=O)C(=O)[C@@]21C)C3(C)C. The Morgan fingerprint density at radius 2 is 1.73 bits per heavy atom. The highest BCUT2D eigenvalue weighted by Gasteiger charge is 2.78. The molecule has 48 heavy (non-hydrogen) atoms. The van der Waals surface area contributed by atoms with E-state index in [1.165, 1.54) is 32.1 Å². The average molecular weight is 671 g/mol. The summed E-state index contributed by atoms with van der Waals surface area (Å²) in [5.74, 6) is -6.11. The monoisotopic (exact) mass is 670 g/mol. The molecule has 5 rings (SSSR count). The van der Waals surface area contributed by atoms with E-state index in [1.54, 1.807) is 39.0 Å². The van der Waals surface area contributed by atoms with Crippen LogP contribution in [0.25, 0.3) is 0 Å². The summed E-state index contributed by atoms with van der Waals surface area (Å²) in [5, 5.41) is 24.6. The molecule has 2 unspecified atom stereocenters. The molecule has 13 heteroatoms. The minimum absolute atomic E-state index is 0.103. The second kappa shape index (κ2) is 12.4. The first-order valence-electron chi connectivity index (χ1n) is 15.9. The summed E-state index contributed by atoms with van der Waals surface area (Å²) in [5.41, 5.74) is -7.21. The number of rotatable bonds is 7. The molecule has 1 heterocycles. The lowest BCUT2D eigenvalue weighted by atomic mass is 9.45. The summed E-state index contributed by atoms with van der Waals surface area (Å²) in [4.78, 5) is 67.6. The number of benzene rings is 1. The van der Waals surface area contributed by atoms with Crippen molar-refractivity contribution in [2.45, 2.75) is 90.0 Å². The Bertz CT molecular complexity index is 1550. The van der Waals surface area contributed by atoms with Gasteiger partial charge < -0.3 is 38.6 Å². The molecule has 3 aliphatic carbocycles. The van der Waals surface area contributed by atoms with Crippen LogP contribution in [0.5, 0.6) is 0 Å². The minimum Gasteiger partial charge on any atom is -0.455 e. The number of aliphatic hydroxyl groups is 2. The second-order valence-electron chi connectivity index (χ2n) is 13.8. The van der Waals surface area contributed by atoms with Crippen LogP contribution in [0.3, 0.4) is 0 Å². The van der Waals surface area contributed by atoms with Gasteiger partial charge in [-0.1, -0.05) is 51.6 Å². The van der Waals surface area contributed by atoms with Gasteiger partial charge in [-0.05, 0) is 24.6 Å². The number of aliphatic hydroxyl groups excluding tert-OH is 1. The largest absolute Gasteiger partial charge is 0.508 e. The Balaban J connectivity index is 1.86. The lowest BCUT2D eigenvalue weighted by molar-refractivity contribution is -0.345. The molecule has 0 amide bonds. The first-order valence-corrected chi connectivity index (χ1v) is 15.9. The molecule has 0 spiro atoms. The molecule has 9 atom stereocenters. The Morgan fingerprint density at radius 3 is 2.29 bits per heavy atom. The van der Waals surface area contributed by atoms with Crippen molar-refractivity contribution in [3.05, 3.63) is 59.9 Å². The van der Waals surface area contributed by atoms with Gasteiger partial charge in [-0.2, -0.15) is 0 Å². The quantitative estimate of drug-likeness (QED) is 0.245. The normalized spacial score (nSPS) is 36.5. The van der Waals surface area contributed by atoms with Crippen molar-refractivity contribution in [3.63, 3.8) is 0 Å². The molecule has 4 aliphatic rings. The van der Waals surface area contributed by atoms with E-state index in [-0.39, 0.29) is 37.2 Å². The topological polar surface area (TPSA) is 181 Å². The molecular weight excluding hydrogens is 628 g/mol. The predicted molar refractivity (Wildman–Crippen MR) is 165 cm³/mol. The number of fused-ring (bicyclic) bond motifs is 5. The Labute approximate surface area is 278 Å². The zero-order chi connectivity index (χ0) is 35.4. The maximum Gasteiger partial charge on any atom is 0.508 e. The highest BCUT2D eigenvalue weighted by Crippen LogP contribution is 2.65. The third-order valence-electron chi connectivity index (χ3n) is 10.7. The number of Topliss-reactive ketones (excluding diaryl/α,β-unsaturated/α-hetero) is 1. The van der Waals surface area contributed by atoms with Gasteiger partial charge in [0.05, 0.1) is 29.6 Å². The average Bonchev–Trinajstić information content (AvgIpc) is 3.01. The van der Waals surface area contributed by atoms with Crippen molar-refractivity contribution in [3.8, 4) is 0 Å². The van der Waals surface area contributed by atoms with Gasteiger partial charge in [0.15, 0.2) is 11.4 Å². The van der Waals surface area contributed by atoms with Crippen LogP contribution in [0.1, 0.15) is 64.7 Å². The summed E-state index contributed by atoms with van der Waals surface area (Å²) in [6.45, 7) is 11.6. The molecule has 0 radical (unpaired) electrons. The van der Waals surface area contributed by atoms with Crippen molar-refractivity contribution in [2.75, 3.05) is 13.2 Å². The molecule has 2 N–H and O–H groups in total. The van der Waals surface area contributed by atoms with Gasteiger partial charge in [-0.3, -0.25) is 14.4 Å². The van der Waals surface area contributed by atoms with E-state index in [9.17, 15) is 29.4 Å². The van der Waals surface area contributed by atoms with Crippen molar-refractivity contribution < 1.29 is 62.6 Å². The van der Waals surface area contributed by atoms with Crippen LogP contribution >= 0.6 is 0 Å². The van der Waals surface area contributed by atoms with Crippen molar-refractivity contribution >= 4 is 29.8 Å². The number of carbonyl (C=O) groups is 5. The second-order valence-corrected chi connectivity index (χ2v) is 13.8. The minimum atomic E-state index is -2.20. The summed E-state index contributed by atoms with van der Waals surface area (Å²) >= 11 is 0. The lowest BCUT2D eigenvalue weighted by Gasteiger charge is -2.67. The van der Waals surface area contributed by atoms with E-state index in [4.69, 9.17) is 28.4 Å². The predicted octanol–water partition coefficient (Wildman–Crippen LogP) is 3.20. The van der Waals surface area contributed by atoms with E-state index in [1.807, 2.05) is 0 Å². The molecular formula is C35H42O13. The van der Waals surface area contributed by atoms with Crippen molar-refractivity contribution in [2.24, 2.45) is 22.7 Å². The molecule has 1 aliphatic heterocycles. The van der Waals surface area contributed by atoms with Crippen LogP contribution < -0.4 is 0 Å². The number of ether oxygens (including phenoxy) is 6. The fourth-order valence-corrected chi connectivity index (χ4v) is 8.32. The Kier molecular flexibility index (Phi) is 9.12. The smallest absolute Gasteiger partial charge is 0.455 e. The Hall–Kier alpha value is -4.07. The van der Waals surface area contributed by atoms with Crippen LogP contribution in [-0.4, -0.2) is 88.9 Å². The standard InChI is InChI=1S/C35H42O13/c1-8-14-43-31(41)46-23-15-24-34(17-44-24,48-20(4)37)27-29(47-30(40)21-12-10-9-11-13-21)35(42)16-22(38)18(2)25(32(35,5)6)26(45-19(3)36)28(39)33(23,27)7/h8-13,18,22-24,27,29,38,42H,1,14-17H2,2-7H3/t18?,22-,23-,24+,27?,29-,33+,34-,35+/m0/s1. The fraction of sp³-hybridized carbons (Fsp3) is 0.571. The molecule has 3 fully saturated rings. The van der Waals surface area contributed by atoms with E-state index < -0.39 is 93.9 Å². The van der Waals surface area contributed by atoms with Crippen molar-refractivity contribution in [1.29, 1.82) is 0 Å². The van der Waals surface area contributed by atoms with Gasteiger partial charge >= 0.3 is 24.1 Å². The number of hydrogen-bond donors (Lipinski definition) is 2. The molecule has 1 aromatic carbocycles. The lowest BCUT2D eigenvalue weighted by Crippen LogP contribution is -2.81. The summed E-state index contributed by atoms with van der Waals surface area (Å²) < 4.78 is 34.8. The summed E-state index contributed by atoms with van der Waals surface area (Å²) in [7, 11) is 0. The van der Waals surface area contributed by atoms with Crippen LogP contribution in [0.4, 0.5) is 4.79 Å². The molecule has 1 aromatic rings. The zero-order valence-corrected chi connectivity index (χ0v) is 27.8. The third-order valence-corrected chi connectivity index (χ3v) is 10.7. The molecule has 2 bridgehead atoms. The van der Waals surface area contributed by atoms with E-state index >= 15 is 4.79 Å². The fourth-order valence-electron chi connectivity index (χ4n) is 8.32. The summed E-state index contributed by atoms with van der Waals surface area (Å²) in [6.07, 6.45) is -5.79. The van der Waals surface area contributed by atoms with Crippen molar-refractivity contribution in [1.82, 2.24) is 0 Å². The van der Waals surface area contributed by atoms with E-state index in [2.05, 4.69) is 6.58 Å². The third kappa shape index (κ3) is 5.32. The van der Waals surface area contributed by atoms with Crippen LogP contribution in [-0.2, 0) is 42.8 Å². The van der Waals surface area contributed by atoms with Crippen LogP contribution in [0, 0.1) is 22.7 Å². The molecule has 260 valence electrons. The van der Waals surface area contributed by atoms with Gasteiger partial charge in [-0.15, -0.1) is 0 Å². The number of carbonyl (C=O) groups excluding carboxylic acids is 5. The van der Waals surface area contributed by atoms with Crippen LogP contribution in [0.2, 0.25) is 0 Å². The summed E-state index contributed by atoms with van der Waals surface area (Å²) in [6, 6.07) is 7.95. The molecule has 1 saturated heterocycles. The molecule has 0 aromatic heterocycles. The first kappa shape index (κ1) is 35.2. The zero-order valence-electron chi connectivity index (χ0n) is 27.8. The first-order chi connectivity index (χ1) is 22.5. The number of ketones is 1. The van der Waals surface area contributed by atoms with Gasteiger partial charge in [0.2, 0.25) is 5.78 Å². The maximum atomic E-state index is 15.3. The van der Waals surface area contributed by atoms with Gasteiger partial charge in [0, 0.05) is 38.0 Å². The molecule has 2 saturated carbocycles. The number of esters is 3. The highest BCUT2D eigenvalue weighted by molar-refractivity contribution is 6.02. The van der Waals surface area contributed by atoms with Gasteiger partial charge in [-0.25, -0.2) is 9.59 Å². The Morgan fingerprint density at radius 1 is 1.06 bits per heavy atom. The van der Waals surface area contributed by atoms with Gasteiger partial charge in [0.1, 0.15) is 30.5 Å². The highest BCUT2D eigenvalue weighted by atomic mass is 16.7.